The third kappa shape index (κ3) is 7.02. The number of aliphatic hydroxyl groups is 1. The lowest BCUT2D eigenvalue weighted by Crippen LogP contribution is -2.45. The second-order valence-corrected chi connectivity index (χ2v) is 8.25. The molecule has 2 aliphatic rings. The summed E-state index contributed by atoms with van der Waals surface area (Å²) in [6.45, 7) is 1.65. The Kier molecular flexibility index (Phi) is 9.54. The summed E-state index contributed by atoms with van der Waals surface area (Å²) in [7, 11) is 0. The summed E-state index contributed by atoms with van der Waals surface area (Å²) in [6, 6.07) is 7.00. The highest BCUT2D eigenvalue weighted by atomic mass is 127. The van der Waals surface area contributed by atoms with Crippen molar-refractivity contribution in [3.63, 3.8) is 0 Å². The van der Waals surface area contributed by atoms with E-state index in [-0.39, 0.29) is 35.8 Å². The molecule has 2 saturated heterocycles. The molecule has 2 fully saturated rings. The van der Waals surface area contributed by atoms with Crippen molar-refractivity contribution in [1.29, 1.82) is 0 Å². The summed E-state index contributed by atoms with van der Waals surface area (Å²) in [5, 5.41) is 17.1. The Morgan fingerprint density at radius 2 is 2.24 bits per heavy atom. The Morgan fingerprint density at radius 1 is 1.45 bits per heavy atom. The summed E-state index contributed by atoms with van der Waals surface area (Å²) in [5.74, 6) is 2.55. The van der Waals surface area contributed by atoms with Crippen LogP contribution in [-0.4, -0.2) is 67.0 Å². The number of ether oxygens (including phenoxy) is 1. The predicted octanol–water partition coefficient (Wildman–Crippen LogP) is 2.91. The van der Waals surface area contributed by atoms with Gasteiger partial charge in [-0.15, -0.1) is 24.0 Å². The van der Waals surface area contributed by atoms with Gasteiger partial charge in [0.1, 0.15) is 5.75 Å². The van der Waals surface area contributed by atoms with Crippen LogP contribution in [0.4, 0.5) is 14.5 Å². The van der Waals surface area contributed by atoms with Crippen molar-refractivity contribution in [3.05, 3.63) is 24.3 Å². The summed E-state index contributed by atoms with van der Waals surface area (Å²) < 4.78 is 30.0. The zero-order valence-corrected chi connectivity index (χ0v) is 19.6. The molecule has 0 spiro atoms. The number of aliphatic imine (C=N–C) groups is 1. The first-order valence-corrected chi connectivity index (χ1v) is 10.8. The highest BCUT2D eigenvalue weighted by molar-refractivity contribution is 14.0. The van der Waals surface area contributed by atoms with E-state index >= 15 is 0 Å². The zero-order valence-electron chi connectivity index (χ0n) is 16.4. The minimum absolute atomic E-state index is 0. The van der Waals surface area contributed by atoms with Crippen LogP contribution in [0.15, 0.2) is 29.3 Å². The molecule has 1 aromatic carbocycles. The molecule has 1 aromatic rings. The molecule has 0 radical (unpaired) electrons. The number of hydrogen-bond donors (Lipinski definition) is 3. The van der Waals surface area contributed by atoms with Crippen LogP contribution in [0.2, 0.25) is 0 Å². The first kappa shape index (κ1) is 24.3. The van der Waals surface area contributed by atoms with Gasteiger partial charge in [0, 0.05) is 31.4 Å². The number of para-hydroxylation sites is 2. The highest BCUT2D eigenvalue weighted by Gasteiger charge is 2.32. The molecule has 164 valence electrons. The van der Waals surface area contributed by atoms with Crippen molar-refractivity contribution >= 4 is 47.4 Å². The average molecular weight is 542 g/mol. The SMILES string of the molecule is CCNC(=NCC1(O)CCSC1)NC1CCN(c2ccccc2OC(F)F)C1.I. The van der Waals surface area contributed by atoms with Gasteiger partial charge in [0.05, 0.1) is 17.8 Å². The minimum Gasteiger partial charge on any atom is -0.433 e. The molecule has 2 unspecified atom stereocenters. The van der Waals surface area contributed by atoms with Crippen LogP contribution in [-0.2, 0) is 0 Å². The Labute approximate surface area is 191 Å². The number of thioether (sulfide) groups is 1. The Hall–Kier alpha value is -1.01. The molecule has 2 heterocycles. The third-order valence-corrected chi connectivity index (χ3v) is 6.14. The number of guanidine groups is 1. The number of nitrogens with one attached hydrogen (secondary N) is 2. The van der Waals surface area contributed by atoms with Gasteiger partial charge >= 0.3 is 6.61 Å². The number of benzene rings is 1. The lowest BCUT2D eigenvalue weighted by atomic mass is 10.1. The number of rotatable bonds is 7. The second-order valence-electron chi connectivity index (χ2n) is 7.14. The van der Waals surface area contributed by atoms with Gasteiger partial charge in [0.25, 0.3) is 0 Å². The molecule has 0 aromatic heterocycles. The topological polar surface area (TPSA) is 69.1 Å². The first-order valence-electron chi connectivity index (χ1n) is 9.63. The molecule has 0 saturated carbocycles. The molecular weight excluding hydrogens is 513 g/mol. The maximum atomic E-state index is 12.7. The summed E-state index contributed by atoms with van der Waals surface area (Å²) in [5.41, 5.74) is -0.0494. The Morgan fingerprint density at radius 3 is 2.93 bits per heavy atom. The number of halogens is 3. The fraction of sp³-hybridized carbons (Fsp3) is 0.632. The van der Waals surface area contributed by atoms with Crippen molar-refractivity contribution < 1.29 is 18.6 Å². The summed E-state index contributed by atoms with van der Waals surface area (Å²) in [6.07, 6.45) is 1.62. The van der Waals surface area contributed by atoms with E-state index in [4.69, 9.17) is 0 Å². The number of hydrogen-bond acceptors (Lipinski definition) is 5. The Balaban J connectivity index is 0.00000300. The fourth-order valence-electron chi connectivity index (χ4n) is 3.47. The monoisotopic (exact) mass is 542 g/mol. The average Bonchev–Trinajstić information content (AvgIpc) is 3.30. The van der Waals surface area contributed by atoms with E-state index in [0.717, 1.165) is 31.7 Å². The summed E-state index contributed by atoms with van der Waals surface area (Å²) >= 11 is 1.75. The molecule has 29 heavy (non-hydrogen) atoms. The van der Waals surface area contributed by atoms with Crippen molar-refractivity contribution in [2.45, 2.75) is 38.0 Å². The van der Waals surface area contributed by atoms with E-state index in [1.807, 2.05) is 17.9 Å². The van der Waals surface area contributed by atoms with Crippen molar-refractivity contribution in [1.82, 2.24) is 10.6 Å². The third-order valence-electron chi connectivity index (χ3n) is 4.91. The van der Waals surface area contributed by atoms with Crippen molar-refractivity contribution in [2.24, 2.45) is 4.99 Å². The fourth-order valence-corrected chi connectivity index (χ4v) is 4.76. The van der Waals surface area contributed by atoms with Crippen LogP contribution in [0.5, 0.6) is 5.75 Å². The molecular formula is C19H29F2IN4O2S. The van der Waals surface area contributed by atoms with Gasteiger partial charge in [-0.25, -0.2) is 0 Å². The molecule has 10 heteroatoms. The quantitative estimate of drug-likeness (QED) is 0.280. The van der Waals surface area contributed by atoms with Gasteiger partial charge in [-0.3, -0.25) is 4.99 Å². The normalized spacial score (nSPS) is 24.5. The van der Waals surface area contributed by atoms with Gasteiger partial charge in [0.15, 0.2) is 5.96 Å². The smallest absolute Gasteiger partial charge is 0.387 e. The Bertz CT molecular complexity index is 677. The van der Waals surface area contributed by atoms with Crippen LogP contribution in [0, 0.1) is 0 Å². The predicted molar refractivity (Wildman–Crippen MR) is 125 cm³/mol. The summed E-state index contributed by atoms with van der Waals surface area (Å²) in [4.78, 5) is 6.62. The van der Waals surface area contributed by atoms with Crippen LogP contribution in [0.1, 0.15) is 19.8 Å². The van der Waals surface area contributed by atoms with Gasteiger partial charge in [-0.1, -0.05) is 12.1 Å². The van der Waals surface area contributed by atoms with Crippen LogP contribution >= 0.6 is 35.7 Å². The van der Waals surface area contributed by atoms with Gasteiger partial charge < -0.3 is 25.4 Å². The van der Waals surface area contributed by atoms with E-state index in [2.05, 4.69) is 20.4 Å². The number of alkyl halides is 2. The van der Waals surface area contributed by atoms with E-state index in [0.29, 0.717) is 30.5 Å². The van der Waals surface area contributed by atoms with Gasteiger partial charge in [-0.05, 0) is 37.7 Å². The molecule has 2 aliphatic heterocycles. The van der Waals surface area contributed by atoms with Gasteiger partial charge in [0.2, 0.25) is 0 Å². The largest absolute Gasteiger partial charge is 0.433 e. The lowest BCUT2D eigenvalue weighted by Gasteiger charge is -2.23. The maximum Gasteiger partial charge on any atom is 0.387 e. The van der Waals surface area contributed by atoms with E-state index in [1.54, 1.807) is 30.0 Å². The lowest BCUT2D eigenvalue weighted by molar-refractivity contribution is -0.0495. The van der Waals surface area contributed by atoms with Gasteiger partial charge in [-0.2, -0.15) is 20.5 Å². The van der Waals surface area contributed by atoms with E-state index in [1.165, 1.54) is 0 Å². The second kappa shape index (κ2) is 11.4. The number of anilines is 1. The van der Waals surface area contributed by atoms with Crippen molar-refractivity contribution in [3.8, 4) is 5.75 Å². The number of nitrogens with zero attached hydrogens (tertiary/aromatic N) is 2. The first-order chi connectivity index (χ1) is 13.5. The molecule has 0 aliphatic carbocycles. The molecule has 2 atom stereocenters. The minimum atomic E-state index is -2.84. The van der Waals surface area contributed by atoms with Crippen LogP contribution in [0.25, 0.3) is 0 Å². The molecule has 0 bridgehead atoms. The maximum absolute atomic E-state index is 12.7. The van der Waals surface area contributed by atoms with Crippen LogP contribution < -0.4 is 20.3 Å². The molecule has 3 rings (SSSR count). The van der Waals surface area contributed by atoms with Crippen molar-refractivity contribution in [2.75, 3.05) is 42.6 Å². The molecule has 0 amide bonds. The zero-order chi connectivity index (χ0) is 20.0. The van der Waals surface area contributed by atoms with E-state index in [9.17, 15) is 13.9 Å². The van der Waals surface area contributed by atoms with E-state index < -0.39 is 12.2 Å². The van der Waals surface area contributed by atoms with Crippen LogP contribution in [0.3, 0.4) is 0 Å². The highest BCUT2D eigenvalue weighted by Crippen LogP contribution is 2.32. The molecule has 6 nitrogen and oxygen atoms in total. The molecule has 3 N–H and O–H groups in total. The standard InChI is InChI=1S/C19H28F2N4O2S.HI/c1-2-22-18(23-12-19(26)8-10-28-13-19)24-14-7-9-25(11-14)15-5-3-4-6-16(15)27-17(20)21;/h3-6,14,17,26H,2,7-13H2,1H3,(H2,22,23,24);1H.